The highest BCUT2D eigenvalue weighted by Crippen LogP contribution is 2.30. The molecule has 130 valence electrons. The lowest BCUT2D eigenvalue weighted by Crippen LogP contribution is -2.17. The first kappa shape index (κ1) is 15.9. The van der Waals surface area contributed by atoms with Gasteiger partial charge in [-0.3, -0.25) is 0 Å². The molecular weight excluding hydrogens is 316 g/mol. The summed E-state index contributed by atoms with van der Waals surface area (Å²) in [6.45, 7) is 3.59. The average molecular weight is 338 g/mol. The van der Waals surface area contributed by atoms with Crippen LogP contribution in [0.1, 0.15) is 30.3 Å². The fourth-order valence-corrected chi connectivity index (χ4v) is 3.37. The normalized spacial score (nSPS) is 15.4. The molecule has 1 saturated heterocycles. The minimum atomic E-state index is 0.436. The average Bonchev–Trinajstić information content (AvgIpc) is 3.31. The van der Waals surface area contributed by atoms with Gasteiger partial charge in [-0.05, 0) is 31.9 Å². The molecule has 0 atom stereocenters. The molecule has 3 aromatic rings. The highest BCUT2D eigenvalue weighted by Gasteiger charge is 2.21. The molecule has 3 heterocycles. The molecule has 0 amide bonds. The Kier molecular flexibility index (Phi) is 4.28. The highest BCUT2D eigenvalue weighted by molar-refractivity contribution is 5.54. The van der Waals surface area contributed by atoms with Crippen molar-refractivity contribution in [1.29, 1.82) is 0 Å². The van der Waals surface area contributed by atoms with Gasteiger partial charge in [0.05, 0.1) is 30.5 Å². The Hall–Kier alpha value is -2.60. The second-order valence-corrected chi connectivity index (χ2v) is 6.32. The quantitative estimate of drug-likeness (QED) is 0.733. The van der Waals surface area contributed by atoms with Crippen molar-refractivity contribution >= 4 is 0 Å². The molecule has 4 rings (SSSR count). The predicted molar refractivity (Wildman–Crippen MR) is 94.8 cm³/mol. The van der Waals surface area contributed by atoms with Crippen LogP contribution in [0.15, 0.2) is 43.1 Å². The van der Waals surface area contributed by atoms with Gasteiger partial charge in [0.2, 0.25) is 0 Å². The first-order valence-electron chi connectivity index (χ1n) is 8.56. The van der Waals surface area contributed by atoms with Gasteiger partial charge in [-0.15, -0.1) is 0 Å². The van der Waals surface area contributed by atoms with Crippen LogP contribution in [0.4, 0.5) is 0 Å². The van der Waals surface area contributed by atoms with Crippen LogP contribution in [0.2, 0.25) is 0 Å². The Bertz CT molecular complexity index is 862. The number of aromatic nitrogens is 4. The summed E-state index contributed by atoms with van der Waals surface area (Å²) in [4.78, 5) is 8.90. The Balaban J connectivity index is 1.71. The van der Waals surface area contributed by atoms with Crippen LogP contribution < -0.4 is 4.74 Å². The number of imidazole rings is 2. The van der Waals surface area contributed by atoms with E-state index in [0.717, 1.165) is 54.7 Å². The molecule has 0 N–H and O–H groups in total. The van der Waals surface area contributed by atoms with Crippen molar-refractivity contribution in [2.24, 2.45) is 0 Å². The van der Waals surface area contributed by atoms with Crippen molar-refractivity contribution in [1.82, 2.24) is 19.1 Å². The van der Waals surface area contributed by atoms with Crippen molar-refractivity contribution < 1.29 is 9.47 Å². The van der Waals surface area contributed by atoms with E-state index in [-0.39, 0.29) is 0 Å². The summed E-state index contributed by atoms with van der Waals surface area (Å²) in [5.41, 5.74) is 3.00. The van der Waals surface area contributed by atoms with Gasteiger partial charge in [0.25, 0.3) is 0 Å². The van der Waals surface area contributed by atoms with E-state index in [0.29, 0.717) is 5.92 Å². The van der Waals surface area contributed by atoms with Gasteiger partial charge in [-0.2, -0.15) is 0 Å². The molecule has 1 aliphatic heterocycles. The Morgan fingerprint density at radius 3 is 2.76 bits per heavy atom. The van der Waals surface area contributed by atoms with Gasteiger partial charge in [-0.1, -0.05) is 0 Å². The van der Waals surface area contributed by atoms with E-state index in [1.165, 1.54) is 0 Å². The molecule has 6 nitrogen and oxygen atoms in total. The van der Waals surface area contributed by atoms with Crippen LogP contribution in [0.3, 0.4) is 0 Å². The summed E-state index contributed by atoms with van der Waals surface area (Å²) in [5, 5.41) is 0. The van der Waals surface area contributed by atoms with Gasteiger partial charge in [-0.25, -0.2) is 9.97 Å². The molecule has 1 aromatic carbocycles. The minimum Gasteiger partial charge on any atom is -0.494 e. The first-order chi connectivity index (χ1) is 12.3. The number of nitrogens with zero attached hydrogens (tertiary/aromatic N) is 4. The maximum atomic E-state index is 5.63. The fraction of sp³-hybridized carbons (Fsp3) is 0.368. The first-order valence-corrected chi connectivity index (χ1v) is 8.56. The summed E-state index contributed by atoms with van der Waals surface area (Å²) in [7, 11) is 1.69. The third kappa shape index (κ3) is 3.05. The highest BCUT2D eigenvalue weighted by atomic mass is 16.5. The lowest BCUT2D eigenvalue weighted by molar-refractivity contribution is 0.0833. The summed E-state index contributed by atoms with van der Waals surface area (Å²) in [6, 6.07) is 6.20. The molecule has 0 spiro atoms. The number of hydrogen-bond donors (Lipinski definition) is 0. The minimum absolute atomic E-state index is 0.436. The van der Waals surface area contributed by atoms with Gasteiger partial charge in [0.1, 0.15) is 11.6 Å². The lowest BCUT2D eigenvalue weighted by atomic mass is 9.99. The van der Waals surface area contributed by atoms with E-state index in [9.17, 15) is 0 Å². The molecule has 1 aliphatic rings. The molecule has 0 radical (unpaired) electrons. The standard InChI is InChI=1S/C19H22N4O2/c1-14-12-22(13-21-14)17-4-3-16(11-18(17)24-2)23-8-7-20-19(23)15-5-9-25-10-6-15/h3-4,7-8,11-13,15H,5-6,9-10H2,1-2H3. The van der Waals surface area contributed by atoms with Crippen LogP contribution in [0.5, 0.6) is 5.75 Å². The summed E-state index contributed by atoms with van der Waals surface area (Å²) in [6.07, 6.45) is 9.70. The van der Waals surface area contributed by atoms with E-state index in [2.05, 4.69) is 32.7 Å². The monoisotopic (exact) mass is 338 g/mol. The maximum Gasteiger partial charge on any atom is 0.144 e. The van der Waals surface area contributed by atoms with E-state index in [1.807, 2.05) is 30.1 Å². The predicted octanol–water partition coefficient (Wildman–Crippen LogP) is 3.27. The molecule has 0 bridgehead atoms. The number of rotatable bonds is 4. The van der Waals surface area contributed by atoms with Crippen LogP contribution in [-0.2, 0) is 4.74 Å². The van der Waals surface area contributed by atoms with Crippen molar-refractivity contribution in [2.45, 2.75) is 25.7 Å². The third-order valence-corrected chi connectivity index (χ3v) is 4.69. The van der Waals surface area contributed by atoms with E-state index in [1.54, 1.807) is 13.4 Å². The maximum absolute atomic E-state index is 5.63. The molecular formula is C19H22N4O2. The summed E-state index contributed by atoms with van der Waals surface area (Å²) in [5.74, 6) is 2.34. The van der Waals surface area contributed by atoms with Gasteiger partial charge < -0.3 is 18.6 Å². The lowest BCUT2D eigenvalue weighted by Gasteiger charge is -2.23. The van der Waals surface area contributed by atoms with Crippen LogP contribution in [0, 0.1) is 6.92 Å². The molecule has 0 aliphatic carbocycles. The third-order valence-electron chi connectivity index (χ3n) is 4.69. The van der Waals surface area contributed by atoms with Crippen molar-refractivity contribution in [3.8, 4) is 17.1 Å². The second-order valence-electron chi connectivity index (χ2n) is 6.32. The number of aryl methyl sites for hydroxylation is 1. The number of ether oxygens (including phenoxy) is 2. The smallest absolute Gasteiger partial charge is 0.144 e. The molecule has 0 unspecified atom stereocenters. The molecule has 25 heavy (non-hydrogen) atoms. The Morgan fingerprint density at radius 1 is 1.20 bits per heavy atom. The molecule has 0 saturated carbocycles. The zero-order chi connectivity index (χ0) is 17.2. The summed E-state index contributed by atoms with van der Waals surface area (Å²) < 4.78 is 15.2. The van der Waals surface area contributed by atoms with E-state index >= 15 is 0 Å². The van der Waals surface area contributed by atoms with E-state index in [4.69, 9.17) is 9.47 Å². The Labute approximate surface area is 147 Å². The Morgan fingerprint density at radius 2 is 2.04 bits per heavy atom. The molecule has 1 fully saturated rings. The van der Waals surface area contributed by atoms with E-state index < -0.39 is 0 Å². The van der Waals surface area contributed by atoms with Crippen LogP contribution >= 0.6 is 0 Å². The molecule has 2 aromatic heterocycles. The largest absolute Gasteiger partial charge is 0.494 e. The number of benzene rings is 1. The van der Waals surface area contributed by atoms with Crippen molar-refractivity contribution in [3.63, 3.8) is 0 Å². The van der Waals surface area contributed by atoms with Gasteiger partial charge in [0, 0.05) is 43.8 Å². The second kappa shape index (κ2) is 6.72. The van der Waals surface area contributed by atoms with Gasteiger partial charge in [0.15, 0.2) is 0 Å². The SMILES string of the molecule is COc1cc(-n2ccnc2C2CCOCC2)ccc1-n1cnc(C)c1. The number of methoxy groups -OCH3 is 1. The number of hydrogen-bond acceptors (Lipinski definition) is 4. The fourth-order valence-electron chi connectivity index (χ4n) is 3.37. The van der Waals surface area contributed by atoms with Crippen molar-refractivity contribution in [3.05, 3.63) is 54.6 Å². The topological polar surface area (TPSA) is 54.1 Å². The van der Waals surface area contributed by atoms with Gasteiger partial charge >= 0.3 is 0 Å². The molecule has 6 heteroatoms. The summed E-state index contributed by atoms with van der Waals surface area (Å²) >= 11 is 0. The van der Waals surface area contributed by atoms with Crippen molar-refractivity contribution in [2.75, 3.05) is 20.3 Å². The van der Waals surface area contributed by atoms with Crippen LogP contribution in [-0.4, -0.2) is 39.4 Å². The zero-order valence-electron chi connectivity index (χ0n) is 14.6. The van der Waals surface area contributed by atoms with Crippen LogP contribution in [0.25, 0.3) is 11.4 Å². The zero-order valence-corrected chi connectivity index (χ0v) is 14.6.